The number of carbonyl (C=O) groups is 1. The number of hydrogen-bond donors (Lipinski definition) is 1. The van der Waals surface area contributed by atoms with Crippen molar-refractivity contribution in [2.45, 2.75) is 33.7 Å². The summed E-state index contributed by atoms with van der Waals surface area (Å²) >= 11 is 0. The third kappa shape index (κ3) is 3.10. The number of amides is 1. The molecule has 0 saturated carbocycles. The van der Waals surface area contributed by atoms with Crippen LogP contribution in [0.4, 0.5) is 5.69 Å². The number of para-hydroxylation sites is 1. The smallest absolute Gasteiger partial charge is 0.282 e. The highest BCUT2D eigenvalue weighted by Gasteiger charge is 2.34. The molecule has 0 aliphatic carbocycles. The molecule has 3 nitrogen and oxygen atoms in total. The second-order valence-corrected chi connectivity index (χ2v) is 4.70. The van der Waals surface area contributed by atoms with Gasteiger partial charge in [0, 0.05) is 5.69 Å². The number of nitrogens with zero attached hydrogens (tertiary/aromatic N) is 1. The summed E-state index contributed by atoms with van der Waals surface area (Å²) in [5, 5.41) is 3.00. The van der Waals surface area contributed by atoms with E-state index >= 15 is 0 Å². The third-order valence-corrected chi connectivity index (χ3v) is 4.13. The van der Waals surface area contributed by atoms with Gasteiger partial charge in [0.05, 0.1) is 19.6 Å². The third-order valence-electron chi connectivity index (χ3n) is 4.13. The van der Waals surface area contributed by atoms with Crippen LogP contribution >= 0.6 is 0 Å². The molecule has 3 heteroatoms. The Morgan fingerprint density at radius 3 is 2.06 bits per heavy atom. The maximum atomic E-state index is 12.3. The van der Waals surface area contributed by atoms with Gasteiger partial charge in [-0.05, 0) is 39.8 Å². The van der Waals surface area contributed by atoms with Crippen molar-refractivity contribution in [3.05, 3.63) is 30.3 Å². The van der Waals surface area contributed by atoms with Crippen molar-refractivity contribution in [3.8, 4) is 0 Å². The lowest BCUT2D eigenvalue weighted by molar-refractivity contribution is -0.936. The van der Waals surface area contributed by atoms with Crippen LogP contribution in [0.3, 0.4) is 0 Å². The fourth-order valence-electron chi connectivity index (χ4n) is 2.51. The minimum absolute atomic E-state index is 0.0230. The molecule has 0 aliphatic heterocycles. The molecular formula is C15H25N2O+. The van der Waals surface area contributed by atoms with Crippen molar-refractivity contribution < 1.29 is 9.28 Å². The van der Waals surface area contributed by atoms with Gasteiger partial charge in [-0.3, -0.25) is 4.79 Å². The zero-order valence-corrected chi connectivity index (χ0v) is 11.9. The van der Waals surface area contributed by atoms with Crippen molar-refractivity contribution in [3.63, 3.8) is 0 Å². The van der Waals surface area contributed by atoms with Gasteiger partial charge in [0.1, 0.15) is 0 Å². The molecule has 0 unspecified atom stereocenters. The molecule has 0 saturated heterocycles. The van der Waals surface area contributed by atoms with E-state index in [1.807, 2.05) is 37.3 Å². The number of quaternary nitrogens is 1. The second kappa shape index (κ2) is 6.55. The van der Waals surface area contributed by atoms with Crippen LogP contribution in [0.25, 0.3) is 0 Å². The summed E-state index contributed by atoms with van der Waals surface area (Å²) in [6.45, 7) is 11.4. The Morgan fingerprint density at radius 1 is 1.11 bits per heavy atom. The van der Waals surface area contributed by atoms with Crippen LogP contribution < -0.4 is 5.32 Å². The van der Waals surface area contributed by atoms with E-state index in [9.17, 15) is 4.79 Å². The summed E-state index contributed by atoms with van der Waals surface area (Å²) in [5.41, 5.74) is 0.871. The maximum absolute atomic E-state index is 12.3. The summed E-state index contributed by atoms with van der Waals surface area (Å²) in [5.74, 6) is 0.103. The van der Waals surface area contributed by atoms with Crippen molar-refractivity contribution in [2.24, 2.45) is 0 Å². The first-order chi connectivity index (χ1) is 8.59. The van der Waals surface area contributed by atoms with Gasteiger partial charge in [-0.2, -0.15) is 0 Å². The fourth-order valence-corrected chi connectivity index (χ4v) is 2.51. The highest BCUT2D eigenvalue weighted by molar-refractivity contribution is 5.93. The maximum Gasteiger partial charge on any atom is 0.282 e. The Labute approximate surface area is 110 Å². The molecular weight excluding hydrogens is 224 g/mol. The number of benzene rings is 1. The summed E-state index contributed by atoms with van der Waals surface area (Å²) in [7, 11) is 0. The molecule has 1 N–H and O–H groups in total. The summed E-state index contributed by atoms with van der Waals surface area (Å²) in [4.78, 5) is 12.3. The lowest BCUT2D eigenvalue weighted by Gasteiger charge is -2.40. The average molecular weight is 249 g/mol. The molecule has 0 bridgehead atoms. The first-order valence-corrected chi connectivity index (χ1v) is 6.81. The molecule has 1 aromatic rings. The number of hydrogen-bond acceptors (Lipinski definition) is 1. The largest absolute Gasteiger partial charge is 0.321 e. The number of likely N-dealkylation sites (N-methyl/N-ethyl adjacent to an activating group) is 1. The first-order valence-electron chi connectivity index (χ1n) is 6.81. The minimum atomic E-state index is -0.0230. The highest BCUT2D eigenvalue weighted by atomic mass is 16.2. The highest BCUT2D eigenvalue weighted by Crippen LogP contribution is 2.15. The lowest BCUT2D eigenvalue weighted by atomic mass is 10.1. The van der Waals surface area contributed by atoms with Crippen molar-refractivity contribution in [1.29, 1.82) is 0 Å². The van der Waals surface area contributed by atoms with E-state index < -0.39 is 0 Å². The van der Waals surface area contributed by atoms with Crippen LogP contribution in [0.5, 0.6) is 0 Å². The number of rotatable bonds is 6. The topological polar surface area (TPSA) is 29.1 Å². The van der Waals surface area contributed by atoms with Crippen LogP contribution in [0.1, 0.15) is 27.7 Å². The summed E-state index contributed by atoms with van der Waals surface area (Å²) < 4.78 is 0.832. The van der Waals surface area contributed by atoms with E-state index in [4.69, 9.17) is 0 Å². The molecule has 18 heavy (non-hydrogen) atoms. The van der Waals surface area contributed by atoms with Crippen LogP contribution in [-0.2, 0) is 4.79 Å². The number of carbonyl (C=O) groups excluding carboxylic acids is 1. The molecule has 100 valence electrons. The van der Waals surface area contributed by atoms with Gasteiger partial charge < -0.3 is 9.80 Å². The molecule has 1 rings (SSSR count). The Hall–Kier alpha value is -1.35. The van der Waals surface area contributed by atoms with Crippen molar-refractivity contribution >= 4 is 11.6 Å². The van der Waals surface area contributed by atoms with Gasteiger partial charge >= 0.3 is 0 Å². The number of anilines is 1. The molecule has 1 atom stereocenters. The summed E-state index contributed by atoms with van der Waals surface area (Å²) in [6.07, 6.45) is 0. The molecule has 1 amide bonds. The molecule has 1 aromatic carbocycles. The number of nitrogens with one attached hydrogen (secondary N) is 1. The van der Waals surface area contributed by atoms with Crippen molar-refractivity contribution in [1.82, 2.24) is 0 Å². The van der Waals surface area contributed by atoms with Crippen LogP contribution in [0.2, 0.25) is 0 Å². The standard InChI is InChI=1S/C15H24N2O/c1-5-17(6-2,7-3)13(4)15(18)16-14-11-9-8-10-12-14/h8-13H,5-7H2,1-4H3/p+1/t13-/m0/s1. The zero-order chi connectivity index (χ0) is 13.6. The van der Waals surface area contributed by atoms with E-state index in [-0.39, 0.29) is 11.9 Å². The van der Waals surface area contributed by atoms with Crippen LogP contribution in [0.15, 0.2) is 30.3 Å². The monoisotopic (exact) mass is 249 g/mol. The van der Waals surface area contributed by atoms with Crippen LogP contribution in [0, 0.1) is 0 Å². The predicted molar refractivity (Wildman–Crippen MR) is 76.4 cm³/mol. The van der Waals surface area contributed by atoms with Crippen LogP contribution in [-0.4, -0.2) is 36.1 Å². The fraction of sp³-hybridized carbons (Fsp3) is 0.533. The first kappa shape index (κ1) is 14.7. The SMILES string of the molecule is CC[N+](CC)(CC)[C@@H](C)C(=O)Nc1ccccc1. The van der Waals surface area contributed by atoms with Gasteiger partial charge in [-0.25, -0.2) is 0 Å². The Balaban J connectivity index is 2.77. The second-order valence-electron chi connectivity index (χ2n) is 4.70. The van der Waals surface area contributed by atoms with E-state index in [1.165, 1.54) is 0 Å². The molecule has 0 aromatic heterocycles. The zero-order valence-electron chi connectivity index (χ0n) is 11.9. The quantitative estimate of drug-likeness (QED) is 0.772. The average Bonchev–Trinajstić information content (AvgIpc) is 2.42. The molecule has 0 heterocycles. The molecule has 0 radical (unpaired) electrons. The summed E-state index contributed by atoms with van der Waals surface area (Å²) in [6, 6.07) is 9.63. The van der Waals surface area contributed by atoms with E-state index in [0.29, 0.717) is 0 Å². The molecule has 0 aliphatic rings. The Bertz CT molecular complexity index is 363. The van der Waals surface area contributed by atoms with E-state index in [2.05, 4.69) is 26.1 Å². The lowest BCUT2D eigenvalue weighted by Crippen LogP contribution is -2.58. The van der Waals surface area contributed by atoms with E-state index in [1.54, 1.807) is 0 Å². The van der Waals surface area contributed by atoms with Gasteiger partial charge in [0.15, 0.2) is 6.04 Å². The predicted octanol–water partition coefficient (Wildman–Crippen LogP) is 2.89. The normalized spacial score (nSPS) is 13.1. The van der Waals surface area contributed by atoms with Gasteiger partial charge in [0.2, 0.25) is 0 Å². The Kier molecular flexibility index (Phi) is 5.35. The van der Waals surface area contributed by atoms with Gasteiger partial charge in [0.25, 0.3) is 5.91 Å². The molecule has 0 fully saturated rings. The minimum Gasteiger partial charge on any atom is -0.321 e. The van der Waals surface area contributed by atoms with Crippen molar-refractivity contribution in [2.75, 3.05) is 25.0 Å². The molecule has 0 spiro atoms. The Morgan fingerprint density at radius 2 is 1.61 bits per heavy atom. The van der Waals surface area contributed by atoms with Gasteiger partial charge in [-0.1, -0.05) is 18.2 Å². The van der Waals surface area contributed by atoms with Gasteiger partial charge in [-0.15, -0.1) is 0 Å². The van der Waals surface area contributed by atoms with E-state index in [0.717, 1.165) is 29.8 Å².